The molecule has 530 valence electrons. The first kappa shape index (κ1) is 67.5. The van der Waals surface area contributed by atoms with Crippen molar-refractivity contribution >= 4 is 70.0 Å². The van der Waals surface area contributed by atoms with E-state index in [0.717, 1.165) is 36.4 Å². The number of imidazole rings is 3. The van der Waals surface area contributed by atoms with Crippen molar-refractivity contribution in [1.82, 2.24) is 59.3 Å². The third kappa shape index (κ3) is 12.7. The molecule has 0 bridgehead atoms. The second-order valence-electron chi connectivity index (χ2n) is 26.0. The van der Waals surface area contributed by atoms with Gasteiger partial charge in [0, 0.05) is 112 Å². The number of carbonyl (C=O) groups excluding carboxylic acids is 6. The van der Waals surface area contributed by atoms with Crippen LogP contribution in [-0.4, -0.2) is 177 Å². The van der Waals surface area contributed by atoms with Crippen molar-refractivity contribution in [1.29, 1.82) is 0 Å². The maximum Gasteiger partial charge on any atom is 0.271 e. The Morgan fingerprint density at radius 2 is 0.883 bits per heavy atom. The average Bonchev–Trinajstić information content (AvgIpc) is 1.69. The fourth-order valence-corrected chi connectivity index (χ4v) is 14.0. The maximum atomic E-state index is 17.6. The fraction of sp³-hybridized carbons (Fsp3) is 0.301. The molecule has 6 N–H and O–H groups in total. The second kappa shape index (κ2) is 27.5. The highest BCUT2D eigenvalue weighted by Crippen LogP contribution is 2.44. The molecular formula is C73H67F6N15O9. The third-order valence-corrected chi connectivity index (χ3v) is 19.3. The second-order valence-corrected chi connectivity index (χ2v) is 26.0. The quantitative estimate of drug-likeness (QED) is 0.0493. The number of hydrogen-bond acceptors (Lipinski definition) is 15. The van der Waals surface area contributed by atoms with Gasteiger partial charge in [0.15, 0.2) is 34.5 Å². The van der Waals surface area contributed by atoms with Gasteiger partial charge in [-0.05, 0) is 115 Å². The predicted molar refractivity (Wildman–Crippen MR) is 365 cm³/mol. The van der Waals surface area contributed by atoms with Gasteiger partial charge in [0.05, 0.1) is 68.2 Å². The largest absolute Gasteiger partial charge is 0.378 e. The number of benzene rings is 6. The first-order valence-corrected chi connectivity index (χ1v) is 33.7. The molecule has 0 unspecified atom stereocenters. The maximum absolute atomic E-state index is 17.6. The van der Waals surface area contributed by atoms with Crippen LogP contribution in [0.15, 0.2) is 103 Å². The third-order valence-electron chi connectivity index (χ3n) is 19.3. The summed E-state index contributed by atoms with van der Waals surface area (Å²) in [4.78, 5) is 102. The summed E-state index contributed by atoms with van der Waals surface area (Å²) in [6.07, 6.45) is -0.135. The number of nitrogens with zero attached hydrogens (tertiary/aromatic N) is 9. The van der Waals surface area contributed by atoms with Gasteiger partial charge in [-0.2, -0.15) is 0 Å². The highest BCUT2D eigenvalue weighted by molar-refractivity contribution is 6.03. The SMILES string of the molecule is CC(C)(C(=O)N1CCOCC1)c1ccc(Nc2nc(-c3c(F)cc(-c4cc(CC(=O)N5CCOCC5)ccc4Nc4nc(-c5c(F)cccc5F)n5c4C(=O)NCC5)cc3F)n3c2C(=O)NCC3)c(-c2cc(F)c(-c3nc(Nc4cccc(C(=O)N5CCOCC5)c4)c4n3CCNC4=O)c(F)c2)c1. The zero-order valence-corrected chi connectivity index (χ0v) is 55.7. The van der Waals surface area contributed by atoms with Crippen molar-refractivity contribution in [3.05, 3.63) is 172 Å². The van der Waals surface area contributed by atoms with Crippen LogP contribution < -0.4 is 31.9 Å². The number of carbonyl (C=O) groups is 6. The first-order valence-electron chi connectivity index (χ1n) is 33.7. The molecule has 0 saturated carbocycles. The molecule has 0 atom stereocenters. The van der Waals surface area contributed by atoms with Gasteiger partial charge < -0.3 is 74.5 Å². The van der Waals surface area contributed by atoms with E-state index in [1.54, 1.807) is 77.1 Å². The van der Waals surface area contributed by atoms with Crippen LogP contribution in [0.25, 0.3) is 56.4 Å². The summed E-state index contributed by atoms with van der Waals surface area (Å²) in [5.74, 6) is -10.2. The molecule has 3 fully saturated rings. The van der Waals surface area contributed by atoms with Crippen LogP contribution in [0.5, 0.6) is 0 Å². The van der Waals surface area contributed by atoms with Gasteiger partial charge in [-0.25, -0.2) is 41.3 Å². The van der Waals surface area contributed by atoms with E-state index in [1.165, 1.54) is 31.9 Å². The van der Waals surface area contributed by atoms with Gasteiger partial charge in [0.2, 0.25) is 11.8 Å². The lowest BCUT2D eigenvalue weighted by molar-refractivity contribution is -0.140. The van der Waals surface area contributed by atoms with E-state index in [2.05, 4.69) is 41.9 Å². The monoisotopic (exact) mass is 1410 g/mol. The van der Waals surface area contributed by atoms with Crippen molar-refractivity contribution < 1.29 is 69.3 Å². The van der Waals surface area contributed by atoms with E-state index < -0.39 is 74.7 Å². The molecule has 0 radical (unpaired) electrons. The van der Waals surface area contributed by atoms with Crippen molar-refractivity contribution in [2.75, 3.05) is 114 Å². The highest BCUT2D eigenvalue weighted by atomic mass is 19.2. The molecule has 6 aliphatic rings. The van der Waals surface area contributed by atoms with Crippen molar-refractivity contribution in [2.45, 2.75) is 45.3 Å². The molecule has 30 heteroatoms. The van der Waals surface area contributed by atoms with Crippen LogP contribution in [0.3, 0.4) is 0 Å². The molecule has 9 heterocycles. The van der Waals surface area contributed by atoms with Gasteiger partial charge in [-0.15, -0.1) is 0 Å². The van der Waals surface area contributed by atoms with E-state index in [9.17, 15) is 28.8 Å². The van der Waals surface area contributed by atoms with Crippen LogP contribution in [0.1, 0.15) is 66.8 Å². The lowest BCUT2D eigenvalue weighted by atomic mass is 9.81. The minimum atomic E-state index is -1.27. The molecule has 103 heavy (non-hydrogen) atoms. The Balaban J connectivity index is 0.805. The molecule has 3 saturated heterocycles. The summed E-state index contributed by atoms with van der Waals surface area (Å²) in [5.41, 5.74) is -1.48. The summed E-state index contributed by atoms with van der Waals surface area (Å²) < 4.78 is 122. The minimum Gasteiger partial charge on any atom is -0.378 e. The Bertz CT molecular complexity index is 4910. The van der Waals surface area contributed by atoms with Crippen LogP contribution in [0.2, 0.25) is 0 Å². The van der Waals surface area contributed by atoms with Gasteiger partial charge in [0.1, 0.15) is 52.4 Å². The summed E-state index contributed by atoms with van der Waals surface area (Å²) in [7, 11) is 0. The lowest BCUT2D eigenvalue weighted by Crippen LogP contribution is -2.48. The Morgan fingerprint density at radius 3 is 1.37 bits per heavy atom. The number of nitrogens with one attached hydrogen (secondary N) is 6. The molecule has 0 spiro atoms. The Morgan fingerprint density at radius 1 is 0.466 bits per heavy atom. The van der Waals surface area contributed by atoms with Gasteiger partial charge in [-0.3, -0.25) is 28.8 Å². The van der Waals surface area contributed by atoms with Gasteiger partial charge in [-0.1, -0.05) is 24.3 Å². The molecule has 15 rings (SSSR count). The number of amides is 6. The van der Waals surface area contributed by atoms with Crippen molar-refractivity contribution in [2.24, 2.45) is 0 Å². The summed E-state index contributed by atoms with van der Waals surface area (Å²) in [5, 5.41) is 17.6. The fourth-order valence-electron chi connectivity index (χ4n) is 14.0. The van der Waals surface area contributed by atoms with Crippen molar-refractivity contribution in [3.8, 4) is 56.4 Å². The highest BCUT2D eigenvalue weighted by Gasteiger charge is 2.38. The molecule has 6 amide bonds. The molecular weight excluding hydrogens is 1340 g/mol. The number of morpholine rings is 3. The number of ether oxygens (including phenoxy) is 3. The van der Waals surface area contributed by atoms with E-state index in [-0.39, 0.29) is 149 Å². The topological polar surface area (TPSA) is 265 Å². The zero-order chi connectivity index (χ0) is 71.5. The van der Waals surface area contributed by atoms with Gasteiger partial charge >= 0.3 is 0 Å². The van der Waals surface area contributed by atoms with E-state index in [0.29, 0.717) is 101 Å². The molecule has 6 aromatic carbocycles. The van der Waals surface area contributed by atoms with Crippen molar-refractivity contribution in [3.63, 3.8) is 0 Å². The Kier molecular flexibility index (Phi) is 18.0. The summed E-state index contributed by atoms with van der Waals surface area (Å²) in [6.45, 7) is 7.91. The van der Waals surface area contributed by atoms with Crippen LogP contribution >= 0.6 is 0 Å². The smallest absolute Gasteiger partial charge is 0.271 e. The predicted octanol–water partition coefficient (Wildman–Crippen LogP) is 8.92. The summed E-state index contributed by atoms with van der Waals surface area (Å²) >= 11 is 0. The minimum absolute atomic E-state index is 0.00457. The van der Waals surface area contributed by atoms with E-state index >= 15 is 26.3 Å². The van der Waals surface area contributed by atoms with Crippen LogP contribution in [0, 0.1) is 34.9 Å². The Labute approximate surface area is 584 Å². The summed E-state index contributed by atoms with van der Waals surface area (Å²) in [6, 6.07) is 23.5. The number of anilines is 6. The molecule has 3 aromatic heterocycles. The number of aromatic nitrogens is 6. The molecule has 0 aliphatic carbocycles. The molecule has 24 nitrogen and oxygen atoms in total. The molecule has 9 aromatic rings. The number of halogens is 6. The van der Waals surface area contributed by atoms with E-state index in [1.807, 2.05) is 0 Å². The molecule has 6 aliphatic heterocycles. The first-order chi connectivity index (χ1) is 49.8. The normalized spacial score (nSPS) is 16.1. The average molecular weight is 1410 g/mol. The number of hydrogen-bond donors (Lipinski definition) is 6. The zero-order valence-electron chi connectivity index (χ0n) is 55.7. The number of rotatable bonds is 16. The Hall–Kier alpha value is -11.4. The van der Waals surface area contributed by atoms with E-state index in [4.69, 9.17) is 19.2 Å². The van der Waals surface area contributed by atoms with Gasteiger partial charge in [0.25, 0.3) is 23.6 Å². The van der Waals surface area contributed by atoms with Crippen LogP contribution in [-0.2, 0) is 55.3 Å². The van der Waals surface area contributed by atoms with Crippen LogP contribution in [0.4, 0.5) is 60.9 Å². The standard InChI is InChI=1S/C73H67F6N15O9/c1-73(2,72(100)91-23-29-103-30-24-91)43-10-12-54(46(38-43)42-36-51(78)57(52(79)37-42)66-86-62(59-68(96)80-13-16-92(59)66)83-44-6-3-5-40(33-44)71(99)90-21-27-102-28-22-90)85-64-61-70(98)82-15-18-94(61)67(88-64)58-49(76)34-41(35-50(58)77)45-31-39(32-55(95)89-19-25-101-26-20-89)9-11-53(45)84-63-60-69(97)81-14-17-93(60)65(87-63)56-47(74)7-4-8-48(56)75/h3-12,31,33-38,83-85H,13-30,32H2,1-2H3,(H,80,96)(H,81,97)(H,82,98). The lowest BCUT2D eigenvalue weighted by Gasteiger charge is -2.35. The number of fused-ring (bicyclic) bond motifs is 3.